The highest BCUT2D eigenvalue weighted by molar-refractivity contribution is 6.10. The number of carbonyl (C=O) groups excluding carboxylic acids is 1. The van der Waals surface area contributed by atoms with Gasteiger partial charge in [0.2, 0.25) is 0 Å². The van der Waals surface area contributed by atoms with Crippen molar-refractivity contribution >= 4 is 5.78 Å². The first-order valence-electron chi connectivity index (χ1n) is 5.56. The Morgan fingerprint density at radius 3 is 2.33 bits per heavy atom. The average Bonchev–Trinajstić information content (AvgIpc) is 2.31. The molecule has 0 saturated heterocycles. The van der Waals surface area contributed by atoms with Crippen molar-refractivity contribution in [2.75, 3.05) is 0 Å². The van der Waals surface area contributed by atoms with E-state index in [1.54, 1.807) is 19.1 Å². The van der Waals surface area contributed by atoms with Crippen LogP contribution in [0.25, 0.3) is 0 Å². The van der Waals surface area contributed by atoms with Crippen LogP contribution >= 0.6 is 0 Å². The van der Waals surface area contributed by atoms with Crippen molar-refractivity contribution in [3.8, 4) is 0 Å². The molecule has 0 N–H and O–H groups in total. The zero-order chi connectivity index (χ0) is 13.3. The average molecular weight is 246 g/mol. The van der Waals surface area contributed by atoms with Crippen molar-refractivity contribution in [3.63, 3.8) is 0 Å². The second-order valence-electron chi connectivity index (χ2n) is 4.27. The Kier molecular flexibility index (Phi) is 3.24. The summed E-state index contributed by atoms with van der Waals surface area (Å²) in [7, 11) is 0. The topological polar surface area (TPSA) is 17.1 Å². The van der Waals surface area contributed by atoms with Crippen molar-refractivity contribution in [1.29, 1.82) is 0 Å². The smallest absolute Gasteiger partial charge is 0.196 e. The zero-order valence-electron chi connectivity index (χ0n) is 10.1. The van der Waals surface area contributed by atoms with Crippen LogP contribution in [0.5, 0.6) is 0 Å². The van der Waals surface area contributed by atoms with Crippen LogP contribution in [0.15, 0.2) is 36.4 Å². The Labute approximate surface area is 104 Å². The molecule has 18 heavy (non-hydrogen) atoms. The summed E-state index contributed by atoms with van der Waals surface area (Å²) in [6, 6.07) is 8.14. The Balaban J connectivity index is 2.51. The quantitative estimate of drug-likeness (QED) is 0.736. The predicted octanol–water partition coefficient (Wildman–Crippen LogP) is 3.81. The summed E-state index contributed by atoms with van der Waals surface area (Å²) in [5.74, 6) is -1.82. The summed E-state index contributed by atoms with van der Waals surface area (Å²) in [5, 5.41) is 0. The van der Waals surface area contributed by atoms with Crippen molar-refractivity contribution in [2.45, 2.75) is 13.8 Å². The molecule has 0 aliphatic rings. The van der Waals surface area contributed by atoms with Crippen molar-refractivity contribution in [3.05, 3.63) is 70.3 Å². The number of rotatable bonds is 2. The second-order valence-corrected chi connectivity index (χ2v) is 4.27. The first-order chi connectivity index (χ1) is 8.49. The summed E-state index contributed by atoms with van der Waals surface area (Å²) in [6.07, 6.45) is 0. The van der Waals surface area contributed by atoms with E-state index in [0.29, 0.717) is 5.56 Å². The summed E-state index contributed by atoms with van der Waals surface area (Å²) in [4.78, 5) is 12.1. The van der Waals surface area contributed by atoms with E-state index in [-0.39, 0.29) is 5.56 Å². The fourth-order valence-electron chi connectivity index (χ4n) is 1.88. The van der Waals surface area contributed by atoms with Gasteiger partial charge in [0, 0.05) is 5.56 Å². The second kappa shape index (κ2) is 4.69. The Bertz CT molecular complexity index is 618. The van der Waals surface area contributed by atoms with Crippen LogP contribution in [-0.2, 0) is 0 Å². The van der Waals surface area contributed by atoms with Gasteiger partial charge in [-0.3, -0.25) is 4.79 Å². The number of halogens is 2. The lowest BCUT2D eigenvalue weighted by atomic mass is 9.97. The van der Waals surface area contributed by atoms with E-state index in [0.717, 1.165) is 29.3 Å². The van der Waals surface area contributed by atoms with Gasteiger partial charge in [-0.1, -0.05) is 23.8 Å². The zero-order valence-corrected chi connectivity index (χ0v) is 10.1. The number of ketones is 1. The molecule has 0 amide bonds. The number of benzene rings is 2. The van der Waals surface area contributed by atoms with Gasteiger partial charge in [0.15, 0.2) is 5.78 Å². The van der Waals surface area contributed by atoms with Crippen LogP contribution in [0, 0.1) is 25.5 Å². The van der Waals surface area contributed by atoms with Crippen LogP contribution in [0.3, 0.4) is 0 Å². The number of aryl methyl sites for hydroxylation is 2. The normalized spacial score (nSPS) is 10.4. The third kappa shape index (κ3) is 2.30. The Morgan fingerprint density at radius 1 is 0.944 bits per heavy atom. The van der Waals surface area contributed by atoms with Gasteiger partial charge in [-0.25, -0.2) is 8.78 Å². The molecule has 0 saturated carbocycles. The van der Waals surface area contributed by atoms with E-state index in [9.17, 15) is 13.6 Å². The molecule has 92 valence electrons. The van der Waals surface area contributed by atoms with Crippen molar-refractivity contribution in [1.82, 2.24) is 0 Å². The molecule has 0 heterocycles. The standard InChI is InChI=1S/C15H12F2O/c1-9-3-5-12(10(2)7-9)15(18)13-8-11(16)4-6-14(13)17/h3-8H,1-2H3. The van der Waals surface area contributed by atoms with E-state index >= 15 is 0 Å². The SMILES string of the molecule is Cc1ccc(C(=O)c2cc(F)ccc2F)c(C)c1. The molecule has 3 heteroatoms. The fourth-order valence-corrected chi connectivity index (χ4v) is 1.88. The molecule has 2 aromatic carbocycles. The van der Waals surface area contributed by atoms with Crippen LogP contribution in [0.4, 0.5) is 8.78 Å². The highest BCUT2D eigenvalue weighted by Crippen LogP contribution is 2.18. The fraction of sp³-hybridized carbons (Fsp3) is 0.133. The summed E-state index contributed by atoms with van der Waals surface area (Å²) >= 11 is 0. The highest BCUT2D eigenvalue weighted by atomic mass is 19.1. The van der Waals surface area contributed by atoms with E-state index in [2.05, 4.69) is 0 Å². The summed E-state index contributed by atoms with van der Waals surface area (Å²) in [5.41, 5.74) is 1.93. The lowest BCUT2D eigenvalue weighted by molar-refractivity contribution is 0.103. The number of carbonyl (C=O) groups is 1. The lowest BCUT2D eigenvalue weighted by Crippen LogP contribution is -2.07. The molecule has 0 spiro atoms. The molecule has 0 aliphatic heterocycles. The number of hydrogen-bond acceptors (Lipinski definition) is 1. The molecule has 1 nitrogen and oxygen atoms in total. The van der Waals surface area contributed by atoms with Crippen LogP contribution < -0.4 is 0 Å². The maximum atomic E-state index is 13.5. The molecule has 2 rings (SSSR count). The lowest BCUT2D eigenvalue weighted by Gasteiger charge is -2.07. The van der Waals surface area contributed by atoms with Crippen LogP contribution in [0.2, 0.25) is 0 Å². The monoisotopic (exact) mass is 246 g/mol. The van der Waals surface area contributed by atoms with Gasteiger partial charge >= 0.3 is 0 Å². The largest absolute Gasteiger partial charge is 0.288 e. The van der Waals surface area contributed by atoms with E-state index in [1.165, 1.54) is 0 Å². The molecule has 0 radical (unpaired) electrons. The van der Waals surface area contributed by atoms with Gasteiger partial charge in [0.25, 0.3) is 0 Å². The van der Waals surface area contributed by atoms with Gasteiger partial charge in [-0.2, -0.15) is 0 Å². The maximum Gasteiger partial charge on any atom is 0.196 e. The molecule has 0 aliphatic carbocycles. The highest BCUT2D eigenvalue weighted by Gasteiger charge is 2.16. The Morgan fingerprint density at radius 2 is 1.67 bits per heavy atom. The van der Waals surface area contributed by atoms with Crippen molar-refractivity contribution in [2.24, 2.45) is 0 Å². The molecule has 2 aromatic rings. The van der Waals surface area contributed by atoms with E-state index in [1.807, 2.05) is 13.0 Å². The minimum absolute atomic E-state index is 0.234. The molecular formula is C15H12F2O. The third-order valence-electron chi connectivity index (χ3n) is 2.80. The van der Waals surface area contributed by atoms with Crippen LogP contribution in [0.1, 0.15) is 27.0 Å². The molecule has 0 unspecified atom stereocenters. The Hall–Kier alpha value is -2.03. The molecule has 0 bridgehead atoms. The minimum Gasteiger partial charge on any atom is -0.288 e. The van der Waals surface area contributed by atoms with Crippen LogP contribution in [-0.4, -0.2) is 5.78 Å². The van der Waals surface area contributed by atoms with Gasteiger partial charge < -0.3 is 0 Å². The molecule has 0 fully saturated rings. The summed E-state index contributed by atoms with van der Waals surface area (Å²) < 4.78 is 26.6. The van der Waals surface area contributed by atoms with Gasteiger partial charge in [0.05, 0.1) is 5.56 Å². The maximum absolute atomic E-state index is 13.5. The third-order valence-corrected chi connectivity index (χ3v) is 2.80. The molecule has 0 aromatic heterocycles. The van der Waals surface area contributed by atoms with Crippen molar-refractivity contribution < 1.29 is 13.6 Å². The van der Waals surface area contributed by atoms with Gasteiger partial charge in [-0.05, 0) is 37.6 Å². The minimum atomic E-state index is -0.707. The molecular weight excluding hydrogens is 234 g/mol. The molecule has 0 atom stereocenters. The number of hydrogen-bond donors (Lipinski definition) is 0. The van der Waals surface area contributed by atoms with E-state index in [4.69, 9.17) is 0 Å². The van der Waals surface area contributed by atoms with E-state index < -0.39 is 17.4 Å². The summed E-state index contributed by atoms with van der Waals surface area (Å²) in [6.45, 7) is 3.68. The van der Waals surface area contributed by atoms with Gasteiger partial charge in [0.1, 0.15) is 11.6 Å². The first kappa shape index (κ1) is 12.4. The first-order valence-corrected chi connectivity index (χ1v) is 5.56. The predicted molar refractivity (Wildman–Crippen MR) is 65.7 cm³/mol. The van der Waals surface area contributed by atoms with Gasteiger partial charge in [-0.15, -0.1) is 0 Å².